The van der Waals surface area contributed by atoms with E-state index in [0.717, 1.165) is 6.07 Å². The zero-order chi connectivity index (χ0) is 13.4. The van der Waals surface area contributed by atoms with Crippen molar-refractivity contribution in [1.29, 1.82) is 0 Å². The Morgan fingerprint density at radius 1 is 1.47 bits per heavy atom. The van der Waals surface area contributed by atoms with E-state index in [1.54, 1.807) is 0 Å². The Hall–Kier alpha value is -0.740. The van der Waals surface area contributed by atoms with Gasteiger partial charge in [-0.15, -0.1) is 13.2 Å². The van der Waals surface area contributed by atoms with E-state index in [9.17, 15) is 21.6 Å². The van der Waals surface area contributed by atoms with Crippen molar-refractivity contribution in [2.75, 3.05) is 5.73 Å². The molecular weight excluding hydrogens is 352 g/mol. The molecule has 1 aromatic rings. The molecule has 0 fully saturated rings. The highest BCUT2D eigenvalue weighted by Gasteiger charge is 2.34. The number of ether oxygens (including phenoxy) is 1. The second kappa shape index (κ2) is 4.50. The van der Waals surface area contributed by atoms with Gasteiger partial charge in [0.25, 0.3) is 9.05 Å². The number of nitrogens with zero attached hydrogens (tertiary/aromatic N) is 1. The fourth-order valence-electron chi connectivity index (χ4n) is 0.803. The van der Waals surface area contributed by atoms with E-state index in [2.05, 4.69) is 25.7 Å². The van der Waals surface area contributed by atoms with Gasteiger partial charge in [0.2, 0.25) is 5.88 Å². The monoisotopic (exact) mass is 354 g/mol. The molecule has 0 spiro atoms. The normalized spacial score (nSPS) is 12.5. The minimum Gasteiger partial charge on any atom is -0.398 e. The number of nitrogen functional groups attached to an aromatic ring is 1. The fraction of sp³-hybridized carbons (Fsp3) is 0.167. The smallest absolute Gasteiger partial charge is 0.398 e. The van der Waals surface area contributed by atoms with Crippen LogP contribution < -0.4 is 10.5 Å². The fourth-order valence-corrected chi connectivity index (χ4v) is 1.78. The molecule has 0 saturated heterocycles. The van der Waals surface area contributed by atoms with Crippen LogP contribution in [0.2, 0.25) is 0 Å². The van der Waals surface area contributed by atoms with Crippen LogP contribution in [-0.2, 0) is 9.05 Å². The summed E-state index contributed by atoms with van der Waals surface area (Å²) >= 11 is 2.68. The minimum absolute atomic E-state index is 0.307. The van der Waals surface area contributed by atoms with Gasteiger partial charge < -0.3 is 10.5 Å². The van der Waals surface area contributed by atoms with Crippen LogP contribution in [0.1, 0.15) is 0 Å². The number of alkyl halides is 3. The van der Waals surface area contributed by atoms with E-state index >= 15 is 0 Å². The standard InChI is InChI=1S/C6H3BrClF3N2O3S/c7-4-2(12)1-3(17(8,14)15)13-5(4)16-6(9,10)11/h1H,(H2,12,13). The molecule has 0 unspecified atom stereocenters. The maximum absolute atomic E-state index is 12.0. The van der Waals surface area contributed by atoms with Crippen LogP contribution in [0.15, 0.2) is 15.6 Å². The Bertz CT molecular complexity index is 548. The third-order valence-electron chi connectivity index (χ3n) is 1.39. The number of nitrogens with two attached hydrogens (primary N) is 1. The molecule has 11 heteroatoms. The van der Waals surface area contributed by atoms with Crippen molar-refractivity contribution in [2.45, 2.75) is 11.4 Å². The molecule has 17 heavy (non-hydrogen) atoms. The zero-order valence-electron chi connectivity index (χ0n) is 7.62. The molecule has 96 valence electrons. The van der Waals surface area contributed by atoms with E-state index in [-0.39, 0.29) is 10.2 Å². The van der Waals surface area contributed by atoms with E-state index < -0.39 is 26.3 Å². The molecule has 5 nitrogen and oxygen atoms in total. The van der Waals surface area contributed by atoms with Crippen molar-refractivity contribution < 1.29 is 26.3 Å². The number of anilines is 1. The molecule has 2 N–H and O–H groups in total. The average Bonchev–Trinajstić information content (AvgIpc) is 2.08. The lowest BCUT2D eigenvalue weighted by Crippen LogP contribution is -2.19. The summed E-state index contributed by atoms with van der Waals surface area (Å²) in [5.41, 5.74) is 4.97. The lowest BCUT2D eigenvalue weighted by molar-refractivity contribution is -0.276. The van der Waals surface area contributed by atoms with Gasteiger partial charge in [0.05, 0.1) is 5.69 Å². The quantitative estimate of drug-likeness (QED) is 0.823. The molecule has 1 aromatic heterocycles. The van der Waals surface area contributed by atoms with Gasteiger partial charge in [0.15, 0.2) is 5.03 Å². The maximum Gasteiger partial charge on any atom is 0.574 e. The molecule has 0 aliphatic heterocycles. The Kier molecular flexibility index (Phi) is 3.79. The van der Waals surface area contributed by atoms with Gasteiger partial charge in [-0.2, -0.15) is 4.98 Å². The summed E-state index contributed by atoms with van der Waals surface area (Å²) in [6, 6.07) is 0.801. The third-order valence-corrected chi connectivity index (χ3v) is 3.37. The molecule has 1 heterocycles. The van der Waals surface area contributed by atoms with E-state index in [4.69, 9.17) is 16.4 Å². The summed E-state index contributed by atoms with van der Waals surface area (Å²) in [6.45, 7) is 0. The van der Waals surface area contributed by atoms with Crippen molar-refractivity contribution in [3.8, 4) is 5.88 Å². The highest BCUT2D eigenvalue weighted by Crippen LogP contribution is 2.34. The highest BCUT2D eigenvalue weighted by atomic mass is 79.9. The summed E-state index contributed by atoms with van der Waals surface area (Å²) in [6.07, 6.45) is -5.03. The molecule has 0 amide bonds. The van der Waals surface area contributed by atoms with Gasteiger partial charge >= 0.3 is 6.36 Å². The second-order valence-corrected chi connectivity index (χ2v) is 5.96. The van der Waals surface area contributed by atoms with Crippen LogP contribution in [0.3, 0.4) is 0 Å². The third kappa shape index (κ3) is 3.89. The van der Waals surface area contributed by atoms with Gasteiger partial charge in [0, 0.05) is 16.7 Å². The van der Waals surface area contributed by atoms with Gasteiger partial charge in [0.1, 0.15) is 4.47 Å². The Morgan fingerprint density at radius 3 is 2.41 bits per heavy atom. The number of pyridine rings is 1. The molecule has 0 atom stereocenters. The highest BCUT2D eigenvalue weighted by molar-refractivity contribution is 9.10. The van der Waals surface area contributed by atoms with Crippen LogP contribution in [0, 0.1) is 0 Å². The van der Waals surface area contributed by atoms with Gasteiger partial charge in [-0.3, -0.25) is 0 Å². The van der Waals surface area contributed by atoms with Crippen LogP contribution >= 0.6 is 26.6 Å². The number of aromatic nitrogens is 1. The molecular formula is C6H3BrClF3N2O3S. The van der Waals surface area contributed by atoms with Crippen molar-refractivity contribution in [3.05, 3.63) is 10.5 Å². The average molecular weight is 356 g/mol. The molecule has 0 aliphatic carbocycles. The predicted octanol–water partition coefficient (Wildman–Crippen LogP) is 2.25. The van der Waals surface area contributed by atoms with Crippen LogP contribution in [0.4, 0.5) is 18.9 Å². The summed E-state index contributed by atoms with van der Waals surface area (Å²) < 4.78 is 60.9. The number of halogens is 5. The molecule has 0 saturated carbocycles. The van der Waals surface area contributed by atoms with Crippen LogP contribution in [-0.4, -0.2) is 19.8 Å². The molecule has 0 bridgehead atoms. The minimum atomic E-state index is -5.03. The number of rotatable bonds is 2. The second-order valence-electron chi connectivity index (χ2n) is 2.65. The molecule has 0 aromatic carbocycles. The maximum atomic E-state index is 12.0. The van der Waals surface area contributed by atoms with Gasteiger partial charge in [-0.1, -0.05) is 0 Å². The van der Waals surface area contributed by atoms with Gasteiger partial charge in [-0.05, 0) is 15.9 Å². The number of hydrogen-bond donors (Lipinski definition) is 1. The summed E-state index contributed by atoms with van der Waals surface area (Å²) in [5, 5.41) is -0.834. The van der Waals surface area contributed by atoms with Gasteiger partial charge in [-0.25, -0.2) is 8.42 Å². The molecule has 0 aliphatic rings. The Labute approximate surface area is 106 Å². The Morgan fingerprint density at radius 2 is 2.00 bits per heavy atom. The van der Waals surface area contributed by atoms with Crippen molar-refractivity contribution in [1.82, 2.24) is 4.98 Å². The first-order chi connectivity index (χ1) is 7.50. The summed E-state index contributed by atoms with van der Waals surface area (Å²) in [4.78, 5) is 3.10. The zero-order valence-corrected chi connectivity index (χ0v) is 10.8. The topological polar surface area (TPSA) is 82.3 Å². The van der Waals surface area contributed by atoms with Crippen LogP contribution in [0.5, 0.6) is 5.88 Å². The largest absolute Gasteiger partial charge is 0.574 e. The number of hydrogen-bond acceptors (Lipinski definition) is 5. The van der Waals surface area contributed by atoms with Crippen molar-refractivity contribution in [2.24, 2.45) is 0 Å². The van der Waals surface area contributed by atoms with E-state index in [1.165, 1.54) is 0 Å². The van der Waals surface area contributed by atoms with Crippen molar-refractivity contribution >= 4 is 41.4 Å². The first-order valence-electron chi connectivity index (χ1n) is 3.67. The Balaban J connectivity index is 3.36. The first-order valence-corrected chi connectivity index (χ1v) is 6.77. The van der Waals surface area contributed by atoms with Crippen molar-refractivity contribution in [3.63, 3.8) is 0 Å². The lowest BCUT2D eigenvalue weighted by Gasteiger charge is -2.11. The predicted molar refractivity (Wildman–Crippen MR) is 56.1 cm³/mol. The molecule has 1 rings (SSSR count). The summed E-state index contributed by atoms with van der Waals surface area (Å²) in [7, 11) is 0.621. The van der Waals surface area contributed by atoms with Crippen LogP contribution in [0.25, 0.3) is 0 Å². The lowest BCUT2D eigenvalue weighted by atomic mass is 10.4. The van der Waals surface area contributed by atoms with E-state index in [1.807, 2.05) is 0 Å². The molecule has 0 radical (unpaired) electrons. The SMILES string of the molecule is Nc1cc(S(=O)(=O)Cl)nc(OC(F)(F)F)c1Br. The summed E-state index contributed by atoms with van der Waals surface area (Å²) in [5.74, 6) is -1.03. The first kappa shape index (κ1) is 14.3. The van der Waals surface area contributed by atoms with E-state index in [0.29, 0.717) is 0 Å².